The number of hydrogen-bond donors (Lipinski definition) is 0. The zero-order valence-corrected chi connectivity index (χ0v) is 14.0. The largest absolute Gasteiger partial charge is 0.472 e. The Balaban J connectivity index is 1.58. The summed E-state index contributed by atoms with van der Waals surface area (Å²) in [6.45, 7) is 1.21. The van der Waals surface area contributed by atoms with E-state index in [9.17, 15) is 9.18 Å². The summed E-state index contributed by atoms with van der Waals surface area (Å²) in [7, 11) is 1.50. The van der Waals surface area contributed by atoms with Gasteiger partial charge in [0.15, 0.2) is 0 Å². The predicted octanol–water partition coefficient (Wildman–Crippen LogP) is 2.24. The molecule has 132 valence electrons. The molecule has 1 saturated heterocycles. The summed E-state index contributed by atoms with van der Waals surface area (Å²) in [6.07, 6.45) is 3.43. The molecule has 1 unspecified atom stereocenters. The van der Waals surface area contributed by atoms with E-state index < -0.39 is 0 Å². The number of hydrogen-bond acceptors (Lipinski definition) is 5. The van der Waals surface area contributed by atoms with Gasteiger partial charge in [0.25, 0.3) is 0 Å². The number of halogens is 1. The molecule has 1 aromatic heterocycles. The van der Waals surface area contributed by atoms with Crippen molar-refractivity contribution >= 4 is 5.91 Å². The van der Waals surface area contributed by atoms with Crippen LogP contribution in [0.4, 0.5) is 4.39 Å². The Morgan fingerprint density at radius 1 is 1.32 bits per heavy atom. The van der Waals surface area contributed by atoms with Crippen LogP contribution in [0.2, 0.25) is 0 Å². The van der Waals surface area contributed by atoms with E-state index >= 15 is 0 Å². The second-order valence-electron chi connectivity index (χ2n) is 5.91. The third-order valence-corrected chi connectivity index (χ3v) is 4.08. The molecule has 1 aliphatic heterocycles. The Labute approximate surface area is 145 Å². The second-order valence-corrected chi connectivity index (χ2v) is 5.91. The molecule has 1 aliphatic rings. The number of aromatic nitrogens is 2. The number of benzene rings is 1. The van der Waals surface area contributed by atoms with Crippen LogP contribution in [-0.2, 0) is 11.2 Å². The predicted molar refractivity (Wildman–Crippen MR) is 88.9 cm³/mol. The number of amides is 1. The van der Waals surface area contributed by atoms with E-state index in [0.29, 0.717) is 19.0 Å². The minimum Gasteiger partial charge on any atom is -0.472 e. The zero-order chi connectivity index (χ0) is 17.6. The van der Waals surface area contributed by atoms with Gasteiger partial charge in [-0.3, -0.25) is 4.79 Å². The van der Waals surface area contributed by atoms with E-state index in [1.54, 1.807) is 29.3 Å². The van der Waals surface area contributed by atoms with Crippen molar-refractivity contribution < 1.29 is 18.7 Å². The van der Waals surface area contributed by atoms with Crippen molar-refractivity contribution in [3.8, 4) is 11.9 Å². The Bertz CT molecular complexity index is 724. The number of nitrogens with zero attached hydrogens (tertiary/aromatic N) is 3. The molecule has 0 spiro atoms. The lowest BCUT2D eigenvalue weighted by Crippen LogP contribution is -2.45. The molecule has 0 aliphatic carbocycles. The first-order valence-corrected chi connectivity index (χ1v) is 8.20. The van der Waals surface area contributed by atoms with Crippen molar-refractivity contribution in [2.75, 3.05) is 20.2 Å². The number of ether oxygens (including phenoxy) is 2. The molecule has 25 heavy (non-hydrogen) atoms. The first-order chi connectivity index (χ1) is 12.1. The zero-order valence-electron chi connectivity index (χ0n) is 14.0. The number of carbonyl (C=O) groups excluding carboxylic acids is 1. The quantitative estimate of drug-likeness (QED) is 0.831. The third-order valence-electron chi connectivity index (χ3n) is 4.08. The molecule has 6 nitrogen and oxygen atoms in total. The fourth-order valence-electron chi connectivity index (χ4n) is 2.81. The third kappa shape index (κ3) is 4.65. The van der Waals surface area contributed by atoms with E-state index in [-0.39, 0.29) is 30.3 Å². The van der Waals surface area contributed by atoms with Crippen molar-refractivity contribution in [1.82, 2.24) is 14.9 Å². The van der Waals surface area contributed by atoms with Gasteiger partial charge in [0.1, 0.15) is 11.9 Å². The van der Waals surface area contributed by atoms with Gasteiger partial charge in [-0.2, -0.15) is 4.98 Å². The summed E-state index contributed by atoms with van der Waals surface area (Å²) in [4.78, 5) is 22.3. The molecule has 7 heteroatoms. The Hall–Kier alpha value is -2.70. The number of likely N-dealkylation sites (tertiary alicyclic amines) is 1. The van der Waals surface area contributed by atoms with Crippen LogP contribution in [0, 0.1) is 5.82 Å². The maximum Gasteiger partial charge on any atom is 0.319 e. The maximum absolute atomic E-state index is 13.0. The molecule has 2 heterocycles. The van der Waals surface area contributed by atoms with Crippen molar-refractivity contribution in [3.63, 3.8) is 0 Å². The molecule has 2 aromatic rings. The van der Waals surface area contributed by atoms with E-state index in [2.05, 4.69) is 9.97 Å². The molecule has 0 bridgehead atoms. The summed E-state index contributed by atoms with van der Waals surface area (Å²) < 4.78 is 23.8. The molecular formula is C18H20FN3O3. The van der Waals surface area contributed by atoms with Gasteiger partial charge in [-0.1, -0.05) is 12.1 Å². The van der Waals surface area contributed by atoms with Gasteiger partial charge in [0.2, 0.25) is 11.8 Å². The highest BCUT2D eigenvalue weighted by molar-refractivity contribution is 5.78. The van der Waals surface area contributed by atoms with Gasteiger partial charge in [0, 0.05) is 18.8 Å². The monoisotopic (exact) mass is 345 g/mol. The molecular weight excluding hydrogens is 325 g/mol. The van der Waals surface area contributed by atoms with Crippen molar-refractivity contribution in [2.45, 2.75) is 25.4 Å². The minimum absolute atomic E-state index is 0.0141. The molecule has 3 rings (SSSR count). The second kappa shape index (κ2) is 7.92. The number of carbonyl (C=O) groups is 1. The van der Waals surface area contributed by atoms with Crippen LogP contribution < -0.4 is 9.47 Å². The van der Waals surface area contributed by atoms with E-state index in [4.69, 9.17) is 9.47 Å². The van der Waals surface area contributed by atoms with Crippen LogP contribution in [0.25, 0.3) is 0 Å². The summed E-state index contributed by atoms with van der Waals surface area (Å²) in [6, 6.07) is 7.93. The highest BCUT2D eigenvalue weighted by atomic mass is 19.1. The van der Waals surface area contributed by atoms with Crippen molar-refractivity contribution in [1.29, 1.82) is 0 Å². The lowest BCUT2D eigenvalue weighted by atomic mass is 10.1. The molecule has 1 aromatic carbocycles. The molecule has 1 atom stereocenters. The smallest absolute Gasteiger partial charge is 0.319 e. The molecule has 0 N–H and O–H groups in total. The number of piperidine rings is 1. The van der Waals surface area contributed by atoms with E-state index in [1.807, 2.05) is 0 Å². The van der Waals surface area contributed by atoms with Crippen LogP contribution in [0.3, 0.4) is 0 Å². The maximum atomic E-state index is 13.0. The first kappa shape index (κ1) is 17.1. The Morgan fingerprint density at radius 3 is 2.88 bits per heavy atom. The van der Waals surface area contributed by atoms with Gasteiger partial charge in [-0.25, -0.2) is 9.37 Å². The minimum atomic E-state index is -0.303. The van der Waals surface area contributed by atoms with Gasteiger partial charge < -0.3 is 14.4 Å². The van der Waals surface area contributed by atoms with Gasteiger partial charge in [-0.15, -0.1) is 0 Å². The average Bonchev–Trinajstić information content (AvgIpc) is 2.64. The lowest BCUT2D eigenvalue weighted by molar-refractivity contribution is -0.133. The lowest BCUT2D eigenvalue weighted by Gasteiger charge is -2.32. The van der Waals surface area contributed by atoms with Crippen LogP contribution >= 0.6 is 0 Å². The molecule has 0 radical (unpaired) electrons. The van der Waals surface area contributed by atoms with Gasteiger partial charge in [0.05, 0.1) is 20.1 Å². The van der Waals surface area contributed by atoms with E-state index in [1.165, 1.54) is 19.2 Å². The Kier molecular flexibility index (Phi) is 5.42. The SMILES string of the molecule is COc1nccc(OC2CCCN(C(=O)Cc3ccc(F)cc3)C2)n1. The van der Waals surface area contributed by atoms with Crippen LogP contribution in [0.1, 0.15) is 18.4 Å². The Morgan fingerprint density at radius 2 is 2.12 bits per heavy atom. The van der Waals surface area contributed by atoms with Crippen molar-refractivity contribution in [3.05, 3.63) is 47.9 Å². The first-order valence-electron chi connectivity index (χ1n) is 8.20. The molecule has 1 amide bonds. The summed E-state index contributed by atoms with van der Waals surface area (Å²) in [5.74, 6) is 0.146. The van der Waals surface area contributed by atoms with Gasteiger partial charge in [-0.05, 0) is 30.5 Å². The fraction of sp³-hybridized carbons (Fsp3) is 0.389. The standard InChI is InChI=1S/C18H20FN3O3/c1-24-18-20-9-8-16(21-18)25-15-3-2-10-22(12-15)17(23)11-13-4-6-14(19)7-5-13/h4-9,15H,2-3,10-12H2,1H3. The number of methoxy groups -OCH3 is 1. The fourth-order valence-corrected chi connectivity index (χ4v) is 2.81. The highest BCUT2D eigenvalue weighted by Gasteiger charge is 2.25. The van der Waals surface area contributed by atoms with Crippen LogP contribution in [0.5, 0.6) is 11.9 Å². The molecule has 0 saturated carbocycles. The average molecular weight is 345 g/mol. The van der Waals surface area contributed by atoms with Crippen molar-refractivity contribution in [2.24, 2.45) is 0 Å². The summed E-state index contributed by atoms with van der Waals surface area (Å²) in [5.41, 5.74) is 0.801. The summed E-state index contributed by atoms with van der Waals surface area (Å²) >= 11 is 0. The van der Waals surface area contributed by atoms with E-state index in [0.717, 1.165) is 18.4 Å². The highest BCUT2D eigenvalue weighted by Crippen LogP contribution is 2.19. The van der Waals surface area contributed by atoms with Crippen LogP contribution in [0.15, 0.2) is 36.5 Å². The topological polar surface area (TPSA) is 64.6 Å². The normalized spacial score (nSPS) is 17.2. The molecule has 1 fully saturated rings. The van der Waals surface area contributed by atoms with Crippen LogP contribution in [-0.4, -0.2) is 47.1 Å². The number of rotatable bonds is 5. The summed E-state index contributed by atoms with van der Waals surface area (Å²) in [5, 5.41) is 0. The van der Waals surface area contributed by atoms with Gasteiger partial charge >= 0.3 is 6.01 Å².